The standard InChI is InChI=1S/C28H31Cl2N7O2/c1-3-5-23(18-7-9-19(10-8-18)26(38)31-16-24-33-35-36-34-24)37-27(39)25(20-12-21(29)14-22(30)13-20)32-28(37)11-4-6-17(2)15-28/h7-10,12-14,17,23H,3-6,11,15-16H2,1-2H3,(H,31,38)(H,33,34,35,36). The number of carbonyl (C=O) groups excluding carboxylic acids is 2. The number of hydrogen-bond donors (Lipinski definition) is 2. The lowest BCUT2D eigenvalue weighted by Gasteiger charge is -2.45. The van der Waals surface area contributed by atoms with Crippen molar-refractivity contribution in [2.75, 3.05) is 0 Å². The fourth-order valence-electron chi connectivity index (χ4n) is 5.83. The van der Waals surface area contributed by atoms with Gasteiger partial charge in [0.15, 0.2) is 5.82 Å². The summed E-state index contributed by atoms with van der Waals surface area (Å²) in [6, 6.07) is 12.4. The van der Waals surface area contributed by atoms with Crippen molar-refractivity contribution in [2.45, 2.75) is 70.6 Å². The molecule has 39 heavy (non-hydrogen) atoms. The zero-order chi connectivity index (χ0) is 27.6. The summed E-state index contributed by atoms with van der Waals surface area (Å²) in [6.45, 7) is 4.51. The zero-order valence-corrected chi connectivity index (χ0v) is 23.5. The second-order valence-electron chi connectivity index (χ2n) is 10.4. The third-order valence-electron chi connectivity index (χ3n) is 7.50. The van der Waals surface area contributed by atoms with Gasteiger partial charge in [0.1, 0.15) is 11.4 Å². The van der Waals surface area contributed by atoms with E-state index in [1.54, 1.807) is 30.3 Å². The summed E-state index contributed by atoms with van der Waals surface area (Å²) in [6.07, 6.45) is 5.36. The molecule has 0 bridgehead atoms. The molecule has 1 saturated carbocycles. The van der Waals surface area contributed by atoms with Crippen molar-refractivity contribution in [2.24, 2.45) is 10.9 Å². The molecule has 2 amide bonds. The van der Waals surface area contributed by atoms with Crippen molar-refractivity contribution < 1.29 is 9.59 Å². The van der Waals surface area contributed by atoms with Gasteiger partial charge in [-0.25, -0.2) is 0 Å². The van der Waals surface area contributed by atoms with Crippen molar-refractivity contribution in [3.05, 3.63) is 75.0 Å². The van der Waals surface area contributed by atoms with E-state index in [-0.39, 0.29) is 24.4 Å². The van der Waals surface area contributed by atoms with Gasteiger partial charge >= 0.3 is 0 Å². The van der Waals surface area contributed by atoms with Gasteiger partial charge in [-0.1, -0.05) is 67.2 Å². The van der Waals surface area contributed by atoms with Crippen molar-refractivity contribution >= 4 is 40.7 Å². The first-order chi connectivity index (χ1) is 18.8. The van der Waals surface area contributed by atoms with Gasteiger partial charge in [-0.05, 0) is 67.5 Å². The number of tetrazole rings is 1. The summed E-state index contributed by atoms with van der Waals surface area (Å²) >= 11 is 12.6. The molecule has 2 N–H and O–H groups in total. The monoisotopic (exact) mass is 567 g/mol. The van der Waals surface area contributed by atoms with Gasteiger partial charge in [0.05, 0.1) is 12.6 Å². The summed E-state index contributed by atoms with van der Waals surface area (Å²) in [5.74, 6) is 0.492. The normalized spacial score (nSPS) is 21.7. The van der Waals surface area contributed by atoms with Crippen LogP contribution in [0.15, 0.2) is 47.5 Å². The number of rotatable bonds is 8. The lowest BCUT2D eigenvalue weighted by Crippen LogP contribution is -2.51. The zero-order valence-electron chi connectivity index (χ0n) is 22.0. The van der Waals surface area contributed by atoms with Gasteiger partial charge < -0.3 is 10.2 Å². The molecule has 1 aliphatic heterocycles. The van der Waals surface area contributed by atoms with E-state index in [1.807, 2.05) is 17.0 Å². The predicted octanol–water partition coefficient (Wildman–Crippen LogP) is 5.52. The quantitative estimate of drug-likeness (QED) is 0.372. The molecule has 204 valence electrons. The summed E-state index contributed by atoms with van der Waals surface area (Å²) < 4.78 is 0. The third kappa shape index (κ3) is 5.70. The maximum atomic E-state index is 14.2. The summed E-state index contributed by atoms with van der Waals surface area (Å²) in [7, 11) is 0. The Kier molecular flexibility index (Phi) is 8.00. The van der Waals surface area contributed by atoms with Crippen LogP contribution in [0.1, 0.15) is 85.7 Å². The maximum Gasteiger partial charge on any atom is 0.275 e. The number of amides is 2. The molecule has 2 heterocycles. The molecule has 3 atom stereocenters. The maximum absolute atomic E-state index is 14.2. The number of aliphatic imine (C=N–C) groups is 1. The highest BCUT2D eigenvalue weighted by Crippen LogP contribution is 2.47. The van der Waals surface area contributed by atoms with Gasteiger partial charge in [-0.2, -0.15) is 5.21 Å². The molecule has 3 unspecified atom stereocenters. The van der Waals surface area contributed by atoms with Crippen LogP contribution in [0, 0.1) is 5.92 Å². The second-order valence-corrected chi connectivity index (χ2v) is 11.3. The smallest absolute Gasteiger partial charge is 0.275 e. The van der Waals surface area contributed by atoms with Crippen LogP contribution in [0.5, 0.6) is 0 Å². The van der Waals surface area contributed by atoms with Crippen LogP contribution in [0.2, 0.25) is 10.0 Å². The minimum absolute atomic E-state index is 0.109. The van der Waals surface area contributed by atoms with E-state index >= 15 is 0 Å². The first-order valence-corrected chi connectivity index (χ1v) is 14.1. The number of nitrogens with one attached hydrogen (secondary N) is 2. The number of aromatic nitrogens is 4. The fourth-order valence-corrected chi connectivity index (χ4v) is 6.36. The van der Waals surface area contributed by atoms with Crippen LogP contribution >= 0.6 is 23.2 Å². The minimum atomic E-state index is -0.626. The van der Waals surface area contributed by atoms with E-state index in [0.717, 1.165) is 44.1 Å². The van der Waals surface area contributed by atoms with Crippen LogP contribution in [0.25, 0.3) is 0 Å². The molecule has 11 heteroatoms. The molecular weight excluding hydrogens is 537 g/mol. The van der Waals surface area contributed by atoms with Crippen LogP contribution in [-0.4, -0.2) is 48.7 Å². The number of aromatic amines is 1. The molecule has 1 aliphatic carbocycles. The SMILES string of the molecule is CCCC(c1ccc(C(=O)NCc2nn[nH]n2)cc1)N1C(=O)C(c2cc(Cl)cc(Cl)c2)=NC12CCCC(C)C2. The van der Waals surface area contributed by atoms with Gasteiger partial charge in [0.25, 0.3) is 11.8 Å². The first kappa shape index (κ1) is 27.3. The van der Waals surface area contributed by atoms with E-state index in [2.05, 4.69) is 39.8 Å². The Morgan fingerprint density at radius 3 is 2.59 bits per heavy atom. The molecule has 0 radical (unpaired) electrons. The Bertz CT molecular complexity index is 1360. The van der Waals surface area contributed by atoms with Crippen LogP contribution in [0.3, 0.4) is 0 Å². The lowest BCUT2D eigenvalue weighted by atomic mass is 9.80. The van der Waals surface area contributed by atoms with E-state index in [1.165, 1.54) is 0 Å². The molecule has 9 nitrogen and oxygen atoms in total. The highest BCUT2D eigenvalue weighted by molar-refractivity contribution is 6.47. The molecule has 2 aliphatic rings. The van der Waals surface area contributed by atoms with Crippen LogP contribution in [-0.2, 0) is 11.3 Å². The second kappa shape index (κ2) is 11.4. The molecular formula is C28H31Cl2N7O2. The molecule has 0 saturated heterocycles. The Labute approximate surface area is 237 Å². The minimum Gasteiger partial charge on any atom is -0.345 e. The summed E-state index contributed by atoms with van der Waals surface area (Å²) in [4.78, 5) is 34.0. The number of benzene rings is 2. The average molecular weight is 569 g/mol. The molecule has 3 aromatic rings. The Balaban J connectivity index is 1.46. The van der Waals surface area contributed by atoms with Gasteiger partial charge in [-0.15, -0.1) is 10.2 Å². The molecule has 2 aromatic carbocycles. The van der Waals surface area contributed by atoms with Crippen LogP contribution < -0.4 is 5.32 Å². The van der Waals surface area contributed by atoms with Crippen molar-refractivity contribution in [1.82, 2.24) is 30.8 Å². The molecule has 5 rings (SSSR count). The molecule has 1 aromatic heterocycles. The van der Waals surface area contributed by atoms with Gasteiger partial charge in [-0.3, -0.25) is 14.6 Å². The first-order valence-electron chi connectivity index (χ1n) is 13.3. The number of halogens is 2. The average Bonchev–Trinajstić information content (AvgIpc) is 3.52. The third-order valence-corrected chi connectivity index (χ3v) is 7.94. The van der Waals surface area contributed by atoms with E-state index < -0.39 is 5.66 Å². The number of H-pyrrole nitrogens is 1. The highest BCUT2D eigenvalue weighted by Gasteiger charge is 2.51. The number of hydrogen-bond acceptors (Lipinski definition) is 6. The largest absolute Gasteiger partial charge is 0.345 e. The molecule has 1 spiro atoms. The van der Waals surface area contributed by atoms with Crippen molar-refractivity contribution in [3.63, 3.8) is 0 Å². The Morgan fingerprint density at radius 1 is 1.21 bits per heavy atom. The summed E-state index contributed by atoms with van der Waals surface area (Å²) in [5, 5.41) is 17.3. The topological polar surface area (TPSA) is 116 Å². The van der Waals surface area contributed by atoms with Gasteiger partial charge in [0, 0.05) is 21.2 Å². The van der Waals surface area contributed by atoms with E-state index in [4.69, 9.17) is 28.2 Å². The van der Waals surface area contributed by atoms with Gasteiger partial charge in [0.2, 0.25) is 0 Å². The van der Waals surface area contributed by atoms with Crippen molar-refractivity contribution in [3.8, 4) is 0 Å². The predicted molar refractivity (Wildman–Crippen MR) is 150 cm³/mol. The molecule has 1 fully saturated rings. The Hall–Kier alpha value is -3.30. The Morgan fingerprint density at radius 2 is 1.95 bits per heavy atom. The summed E-state index contributed by atoms with van der Waals surface area (Å²) in [5.41, 5.74) is 1.91. The highest BCUT2D eigenvalue weighted by atomic mass is 35.5. The number of nitrogens with zero attached hydrogens (tertiary/aromatic N) is 5. The van der Waals surface area contributed by atoms with E-state index in [0.29, 0.717) is 38.6 Å². The fraction of sp³-hybridized carbons (Fsp3) is 0.429. The van der Waals surface area contributed by atoms with E-state index in [9.17, 15) is 9.59 Å². The number of carbonyl (C=O) groups is 2. The lowest BCUT2D eigenvalue weighted by molar-refractivity contribution is -0.133. The van der Waals surface area contributed by atoms with Crippen LogP contribution in [0.4, 0.5) is 0 Å². The van der Waals surface area contributed by atoms with Crippen molar-refractivity contribution in [1.29, 1.82) is 0 Å².